The first-order chi connectivity index (χ1) is 8.06. The highest BCUT2D eigenvalue weighted by atomic mass is 35.5. The highest BCUT2D eigenvalue weighted by Crippen LogP contribution is 2.24. The van der Waals surface area contributed by atoms with Crippen LogP contribution in [0.15, 0.2) is 0 Å². The number of hydrogen-bond donors (Lipinski definition) is 0. The normalized spacial score (nSPS) is 18.8. The molecule has 1 rings (SSSR count). The average molecular weight is 282 g/mol. The van der Waals surface area contributed by atoms with E-state index in [0.29, 0.717) is 24.8 Å². The summed E-state index contributed by atoms with van der Waals surface area (Å²) in [5.74, 6) is 1.35. The maximum Gasteiger partial charge on any atom is 0.213 e. The summed E-state index contributed by atoms with van der Waals surface area (Å²) >= 11 is 5.56. The molecule has 102 valence electrons. The van der Waals surface area contributed by atoms with Gasteiger partial charge in [-0.2, -0.15) is 0 Å². The summed E-state index contributed by atoms with van der Waals surface area (Å²) in [7, 11) is -1.34. The van der Waals surface area contributed by atoms with E-state index in [1.54, 1.807) is 11.4 Å². The highest BCUT2D eigenvalue weighted by molar-refractivity contribution is 7.89. The second kappa shape index (κ2) is 7.59. The molecule has 0 bridgehead atoms. The van der Waals surface area contributed by atoms with E-state index < -0.39 is 10.0 Å². The zero-order valence-corrected chi connectivity index (χ0v) is 12.3. The lowest BCUT2D eigenvalue weighted by Gasteiger charge is -2.26. The van der Waals surface area contributed by atoms with E-state index in [1.807, 2.05) is 0 Å². The van der Waals surface area contributed by atoms with Crippen molar-refractivity contribution in [3.63, 3.8) is 0 Å². The Labute approximate surface area is 111 Å². The van der Waals surface area contributed by atoms with E-state index in [9.17, 15) is 8.42 Å². The highest BCUT2D eigenvalue weighted by Gasteiger charge is 2.22. The van der Waals surface area contributed by atoms with Gasteiger partial charge in [-0.1, -0.05) is 19.3 Å². The first kappa shape index (κ1) is 15.3. The summed E-state index contributed by atoms with van der Waals surface area (Å²) < 4.78 is 25.5. The predicted octanol–water partition coefficient (Wildman–Crippen LogP) is 2.85. The molecule has 0 aliphatic heterocycles. The van der Waals surface area contributed by atoms with Crippen molar-refractivity contribution in [2.24, 2.45) is 5.92 Å². The Balaban J connectivity index is 2.36. The first-order valence-electron chi connectivity index (χ1n) is 6.56. The third-order valence-electron chi connectivity index (χ3n) is 3.50. The molecule has 0 unspecified atom stereocenters. The number of hydrogen-bond acceptors (Lipinski definition) is 2. The quantitative estimate of drug-likeness (QED) is 0.532. The molecular formula is C12H24ClNO2S. The molecular weight excluding hydrogens is 258 g/mol. The van der Waals surface area contributed by atoms with Crippen LogP contribution in [0.1, 0.15) is 44.9 Å². The van der Waals surface area contributed by atoms with Crippen LogP contribution in [-0.2, 0) is 10.0 Å². The molecule has 3 nitrogen and oxygen atoms in total. The van der Waals surface area contributed by atoms with E-state index in [2.05, 4.69) is 0 Å². The largest absolute Gasteiger partial charge is 0.213 e. The van der Waals surface area contributed by atoms with Crippen molar-refractivity contribution < 1.29 is 8.42 Å². The van der Waals surface area contributed by atoms with Crippen molar-refractivity contribution in [3.05, 3.63) is 0 Å². The minimum atomic E-state index is -3.06. The van der Waals surface area contributed by atoms with Crippen molar-refractivity contribution in [3.8, 4) is 0 Å². The molecule has 0 aromatic rings. The van der Waals surface area contributed by atoms with Crippen LogP contribution in [0.5, 0.6) is 0 Å². The van der Waals surface area contributed by atoms with E-state index in [0.717, 1.165) is 6.42 Å². The molecule has 5 heteroatoms. The van der Waals surface area contributed by atoms with Crippen LogP contribution in [0.2, 0.25) is 0 Å². The zero-order valence-electron chi connectivity index (χ0n) is 10.7. The Morgan fingerprint density at radius 2 is 1.82 bits per heavy atom. The fourth-order valence-corrected chi connectivity index (χ4v) is 3.89. The van der Waals surface area contributed by atoms with Crippen molar-refractivity contribution in [1.82, 2.24) is 4.31 Å². The van der Waals surface area contributed by atoms with E-state index in [4.69, 9.17) is 11.6 Å². The van der Waals surface area contributed by atoms with Crippen LogP contribution in [0.25, 0.3) is 0 Å². The average Bonchev–Trinajstić information content (AvgIpc) is 2.30. The minimum absolute atomic E-state index is 0.239. The summed E-state index contributed by atoms with van der Waals surface area (Å²) in [6.45, 7) is 0.698. The molecule has 0 spiro atoms. The maximum absolute atomic E-state index is 12.0. The number of rotatable bonds is 7. The van der Waals surface area contributed by atoms with Gasteiger partial charge < -0.3 is 0 Å². The molecule has 1 aliphatic rings. The topological polar surface area (TPSA) is 37.4 Å². The van der Waals surface area contributed by atoms with Gasteiger partial charge in [-0.15, -0.1) is 11.6 Å². The van der Waals surface area contributed by atoms with Gasteiger partial charge in [0.05, 0.1) is 5.75 Å². The maximum atomic E-state index is 12.0. The van der Waals surface area contributed by atoms with Crippen molar-refractivity contribution in [2.45, 2.75) is 44.9 Å². The van der Waals surface area contributed by atoms with Crippen LogP contribution in [0, 0.1) is 5.92 Å². The Kier molecular flexibility index (Phi) is 6.82. The van der Waals surface area contributed by atoms with Gasteiger partial charge in [-0.3, -0.25) is 0 Å². The molecule has 1 saturated carbocycles. The Bertz CT molecular complexity index is 300. The van der Waals surface area contributed by atoms with Gasteiger partial charge in [-0.25, -0.2) is 12.7 Å². The Morgan fingerprint density at radius 1 is 1.18 bits per heavy atom. The smallest absolute Gasteiger partial charge is 0.212 e. The second-order valence-corrected chi connectivity index (χ2v) is 7.57. The van der Waals surface area contributed by atoms with Crippen molar-refractivity contribution in [1.29, 1.82) is 0 Å². The minimum Gasteiger partial charge on any atom is -0.212 e. The zero-order chi connectivity index (χ0) is 12.7. The van der Waals surface area contributed by atoms with Crippen LogP contribution in [0.3, 0.4) is 0 Å². The number of halogens is 1. The van der Waals surface area contributed by atoms with E-state index >= 15 is 0 Å². The van der Waals surface area contributed by atoms with Crippen molar-refractivity contribution >= 4 is 21.6 Å². The summed E-state index contributed by atoms with van der Waals surface area (Å²) in [5.41, 5.74) is 0. The SMILES string of the molecule is CN(CC1CCCCC1)S(=O)(=O)CCCCCl. The van der Waals surface area contributed by atoms with Crippen LogP contribution in [-0.4, -0.2) is 37.9 Å². The fourth-order valence-electron chi connectivity index (χ4n) is 2.38. The molecule has 1 fully saturated rings. The predicted molar refractivity (Wildman–Crippen MR) is 72.9 cm³/mol. The van der Waals surface area contributed by atoms with Gasteiger partial charge in [-0.05, 0) is 31.6 Å². The van der Waals surface area contributed by atoms with Gasteiger partial charge >= 0.3 is 0 Å². The first-order valence-corrected chi connectivity index (χ1v) is 8.70. The lowest BCUT2D eigenvalue weighted by atomic mass is 9.89. The molecule has 0 amide bonds. The summed E-state index contributed by atoms with van der Waals surface area (Å²) in [5, 5.41) is 0. The third kappa shape index (κ3) is 5.58. The third-order valence-corrected chi connectivity index (χ3v) is 5.67. The molecule has 0 N–H and O–H groups in total. The molecule has 0 heterocycles. The number of alkyl halides is 1. The van der Waals surface area contributed by atoms with Gasteiger partial charge in [0.2, 0.25) is 10.0 Å². The molecule has 0 radical (unpaired) electrons. The number of sulfonamides is 1. The molecule has 0 aromatic carbocycles. The monoisotopic (exact) mass is 281 g/mol. The second-order valence-electron chi connectivity index (χ2n) is 5.00. The standard InChI is InChI=1S/C12H24ClNO2S/c1-14(11-12-7-3-2-4-8-12)17(15,16)10-6-5-9-13/h12H,2-11H2,1H3. The lowest BCUT2D eigenvalue weighted by molar-refractivity contribution is 0.300. The van der Waals surface area contributed by atoms with Gasteiger partial charge in [0, 0.05) is 19.5 Å². The van der Waals surface area contributed by atoms with Crippen LogP contribution < -0.4 is 0 Å². The Hall–Kier alpha value is 0.200. The summed E-state index contributed by atoms with van der Waals surface area (Å²) in [4.78, 5) is 0. The number of unbranched alkanes of at least 4 members (excludes halogenated alkanes) is 1. The van der Waals surface area contributed by atoms with Gasteiger partial charge in [0.25, 0.3) is 0 Å². The van der Waals surface area contributed by atoms with Crippen molar-refractivity contribution in [2.75, 3.05) is 25.2 Å². The van der Waals surface area contributed by atoms with Gasteiger partial charge in [0.1, 0.15) is 0 Å². The van der Waals surface area contributed by atoms with E-state index in [1.165, 1.54) is 32.1 Å². The molecule has 0 aromatic heterocycles. The summed E-state index contributed by atoms with van der Waals surface area (Å²) in [6.07, 6.45) is 7.63. The molecule has 1 aliphatic carbocycles. The molecule has 0 atom stereocenters. The number of nitrogens with zero attached hydrogens (tertiary/aromatic N) is 1. The fraction of sp³-hybridized carbons (Fsp3) is 1.00. The molecule has 17 heavy (non-hydrogen) atoms. The summed E-state index contributed by atoms with van der Waals surface area (Å²) in [6, 6.07) is 0. The van der Waals surface area contributed by atoms with E-state index in [-0.39, 0.29) is 5.75 Å². The van der Waals surface area contributed by atoms with Crippen LogP contribution in [0.4, 0.5) is 0 Å². The Morgan fingerprint density at radius 3 is 2.41 bits per heavy atom. The van der Waals surface area contributed by atoms with Gasteiger partial charge in [0.15, 0.2) is 0 Å². The van der Waals surface area contributed by atoms with Crippen LogP contribution >= 0.6 is 11.6 Å². The molecule has 0 saturated heterocycles. The lowest BCUT2D eigenvalue weighted by Crippen LogP contribution is -2.34.